The maximum absolute atomic E-state index is 4.36. The molecule has 1 aliphatic heterocycles. The van der Waals surface area contributed by atoms with Gasteiger partial charge in [0.15, 0.2) is 0 Å². The van der Waals surface area contributed by atoms with Gasteiger partial charge in [0.25, 0.3) is 0 Å². The molecule has 1 aromatic carbocycles. The molecule has 94 valence electrons. The van der Waals surface area contributed by atoms with E-state index in [1.165, 1.54) is 11.3 Å². The number of hydrogen-bond donors (Lipinski definition) is 1. The highest BCUT2D eigenvalue weighted by Gasteiger charge is 2.30. The zero-order valence-corrected chi connectivity index (χ0v) is 10.8. The van der Waals surface area contributed by atoms with E-state index in [1.54, 1.807) is 0 Å². The van der Waals surface area contributed by atoms with Crippen LogP contribution in [0.3, 0.4) is 0 Å². The van der Waals surface area contributed by atoms with Gasteiger partial charge in [-0.2, -0.15) is 0 Å². The lowest BCUT2D eigenvalue weighted by Gasteiger charge is -2.36. The number of nitrogens with zero attached hydrogens (tertiary/aromatic N) is 2. The first kappa shape index (κ1) is 11.5. The fraction of sp³-hybridized carbons (Fsp3) is 0.400. The smallest absolute Gasteiger partial charge is 0.0956 e. The molecule has 1 aliphatic rings. The fourth-order valence-electron chi connectivity index (χ4n) is 2.75. The summed E-state index contributed by atoms with van der Waals surface area (Å²) >= 11 is 0. The van der Waals surface area contributed by atoms with Crippen LogP contribution < -0.4 is 5.32 Å². The van der Waals surface area contributed by atoms with Crippen molar-refractivity contribution in [3.63, 3.8) is 0 Å². The van der Waals surface area contributed by atoms with Crippen LogP contribution in [0.5, 0.6) is 0 Å². The van der Waals surface area contributed by atoms with Crippen LogP contribution in [0, 0.1) is 0 Å². The van der Waals surface area contributed by atoms with Crippen molar-refractivity contribution in [3.8, 4) is 11.3 Å². The first-order valence-electron chi connectivity index (χ1n) is 6.59. The minimum absolute atomic E-state index is 0.187. The van der Waals surface area contributed by atoms with Crippen molar-refractivity contribution < 1.29 is 0 Å². The predicted molar refractivity (Wildman–Crippen MR) is 73.4 cm³/mol. The van der Waals surface area contributed by atoms with E-state index >= 15 is 0 Å². The quantitative estimate of drug-likeness (QED) is 0.876. The van der Waals surface area contributed by atoms with Crippen molar-refractivity contribution >= 4 is 0 Å². The standard InChI is InChI=1S/C15H19N3/c1-15(7-9-16-10-8-15)18-12-17-11-14(18)13-5-3-2-4-6-13/h2-6,11-12,16H,7-10H2,1H3. The van der Waals surface area contributed by atoms with Crippen molar-refractivity contribution in [1.29, 1.82) is 0 Å². The first-order valence-corrected chi connectivity index (χ1v) is 6.59. The van der Waals surface area contributed by atoms with Crippen LogP contribution in [0.1, 0.15) is 19.8 Å². The summed E-state index contributed by atoms with van der Waals surface area (Å²) in [4.78, 5) is 4.36. The van der Waals surface area contributed by atoms with E-state index in [4.69, 9.17) is 0 Å². The predicted octanol–water partition coefficient (Wildman–Crippen LogP) is 2.65. The minimum Gasteiger partial charge on any atom is -0.325 e. The van der Waals surface area contributed by atoms with E-state index in [0.717, 1.165) is 25.9 Å². The van der Waals surface area contributed by atoms with Crippen LogP contribution in [-0.2, 0) is 5.54 Å². The summed E-state index contributed by atoms with van der Waals surface area (Å²) in [5.74, 6) is 0. The largest absolute Gasteiger partial charge is 0.325 e. The normalized spacial score (nSPS) is 18.7. The topological polar surface area (TPSA) is 29.9 Å². The number of rotatable bonds is 2. The molecule has 0 bridgehead atoms. The highest BCUT2D eigenvalue weighted by Crippen LogP contribution is 2.32. The summed E-state index contributed by atoms with van der Waals surface area (Å²) in [6, 6.07) is 10.5. The van der Waals surface area contributed by atoms with Gasteiger partial charge in [-0.05, 0) is 38.4 Å². The fourth-order valence-corrected chi connectivity index (χ4v) is 2.75. The summed E-state index contributed by atoms with van der Waals surface area (Å²) in [6.07, 6.45) is 6.27. The van der Waals surface area contributed by atoms with Gasteiger partial charge in [-0.25, -0.2) is 4.98 Å². The Hall–Kier alpha value is -1.61. The molecule has 1 N–H and O–H groups in total. The molecule has 3 rings (SSSR count). The molecule has 1 fully saturated rings. The van der Waals surface area contributed by atoms with Gasteiger partial charge in [-0.15, -0.1) is 0 Å². The summed E-state index contributed by atoms with van der Waals surface area (Å²) < 4.78 is 2.35. The van der Waals surface area contributed by atoms with Crippen LogP contribution >= 0.6 is 0 Å². The van der Waals surface area contributed by atoms with E-state index in [0.29, 0.717) is 0 Å². The Bertz CT molecular complexity index is 510. The summed E-state index contributed by atoms with van der Waals surface area (Å²) in [5, 5.41) is 3.43. The molecule has 0 aliphatic carbocycles. The molecule has 3 nitrogen and oxygen atoms in total. The van der Waals surface area contributed by atoms with E-state index in [2.05, 4.69) is 52.1 Å². The van der Waals surface area contributed by atoms with Crippen molar-refractivity contribution in [2.24, 2.45) is 0 Å². The number of hydrogen-bond acceptors (Lipinski definition) is 2. The second-order valence-corrected chi connectivity index (χ2v) is 5.26. The van der Waals surface area contributed by atoms with E-state index < -0.39 is 0 Å². The maximum Gasteiger partial charge on any atom is 0.0956 e. The molecule has 2 aromatic rings. The van der Waals surface area contributed by atoms with Crippen LogP contribution in [0.2, 0.25) is 0 Å². The number of nitrogens with one attached hydrogen (secondary N) is 1. The number of imidazole rings is 1. The molecular weight excluding hydrogens is 222 g/mol. The maximum atomic E-state index is 4.36. The molecule has 0 amide bonds. The Kier molecular flexibility index (Phi) is 2.92. The lowest BCUT2D eigenvalue weighted by molar-refractivity contribution is 0.233. The van der Waals surface area contributed by atoms with Gasteiger partial charge < -0.3 is 9.88 Å². The summed E-state index contributed by atoms with van der Waals surface area (Å²) in [5.41, 5.74) is 2.65. The molecule has 2 heterocycles. The van der Waals surface area contributed by atoms with Gasteiger partial charge in [-0.3, -0.25) is 0 Å². The second-order valence-electron chi connectivity index (χ2n) is 5.26. The Labute approximate surface area is 108 Å². The zero-order valence-electron chi connectivity index (χ0n) is 10.8. The van der Waals surface area contributed by atoms with Gasteiger partial charge in [0, 0.05) is 5.54 Å². The number of benzene rings is 1. The van der Waals surface area contributed by atoms with Gasteiger partial charge in [0.1, 0.15) is 0 Å². The molecular formula is C15H19N3. The lowest BCUT2D eigenvalue weighted by atomic mass is 9.89. The number of aromatic nitrogens is 2. The summed E-state index contributed by atoms with van der Waals surface area (Å²) in [7, 11) is 0. The van der Waals surface area contributed by atoms with Gasteiger partial charge >= 0.3 is 0 Å². The Balaban J connectivity index is 2.01. The lowest BCUT2D eigenvalue weighted by Crippen LogP contribution is -2.41. The molecule has 0 saturated carbocycles. The second kappa shape index (κ2) is 4.58. The van der Waals surface area contributed by atoms with Crippen LogP contribution in [0.15, 0.2) is 42.9 Å². The van der Waals surface area contributed by atoms with Crippen molar-refractivity contribution in [3.05, 3.63) is 42.9 Å². The molecule has 18 heavy (non-hydrogen) atoms. The van der Waals surface area contributed by atoms with Crippen molar-refractivity contribution in [2.75, 3.05) is 13.1 Å². The number of piperidine rings is 1. The first-order chi connectivity index (χ1) is 8.80. The zero-order chi connectivity index (χ0) is 12.4. The molecule has 3 heteroatoms. The Morgan fingerprint density at radius 1 is 1.17 bits per heavy atom. The molecule has 0 spiro atoms. The SMILES string of the molecule is CC1(n2cncc2-c2ccccc2)CCNCC1. The van der Waals surface area contributed by atoms with Gasteiger partial charge in [-0.1, -0.05) is 30.3 Å². The van der Waals surface area contributed by atoms with Crippen LogP contribution in [0.4, 0.5) is 0 Å². The van der Waals surface area contributed by atoms with E-state index in [9.17, 15) is 0 Å². The van der Waals surface area contributed by atoms with Crippen LogP contribution in [-0.4, -0.2) is 22.6 Å². The molecule has 0 unspecified atom stereocenters. The highest BCUT2D eigenvalue weighted by atomic mass is 15.1. The van der Waals surface area contributed by atoms with Gasteiger partial charge in [0.05, 0.1) is 18.2 Å². The van der Waals surface area contributed by atoms with Crippen molar-refractivity contribution in [1.82, 2.24) is 14.9 Å². The van der Waals surface area contributed by atoms with Crippen LogP contribution in [0.25, 0.3) is 11.3 Å². The Morgan fingerprint density at radius 2 is 1.89 bits per heavy atom. The molecule has 1 saturated heterocycles. The van der Waals surface area contributed by atoms with Crippen molar-refractivity contribution in [2.45, 2.75) is 25.3 Å². The van der Waals surface area contributed by atoms with Gasteiger partial charge in [0.2, 0.25) is 0 Å². The summed E-state index contributed by atoms with van der Waals surface area (Å²) in [6.45, 7) is 4.51. The third-order valence-electron chi connectivity index (χ3n) is 3.97. The Morgan fingerprint density at radius 3 is 2.61 bits per heavy atom. The molecule has 0 radical (unpaired) electrons. The third-order valence-corrected chi connectivity index (χ3v) is 3.97. The molecule has 0 atom stereocenters. The van der Waals surface area contributed by atoms with E-state index in [-0.39, 0.29) is 5.54 Å². The molecule has 1 aromatic heterocycles. The van der Waals surface area contributed by atoms with E-state index in [1.807, 2.05) is 12.5 Å². The monoisotopic (exact) mass is 241 g/mol. The minimum atomic E-state index is 0.187. The highest BCUT2D eigenvalue weighted by molar-refractivity contribution is 5.59. The average molecular weight is 241 g/mol. The third kappa shape index (κ3) is 1.95. The average Bonchev–Trinajstić information content (AvgIpc) is 2.91.